The largest absolute Gasteiger partial charge is 0.465 e. The number of para-hydroxylation sites is 1. The average molecular weight is 377 g/mol. The van der Waals surface area contributed by atoms with Crippen molar-refractivity contribution in [3.05, 3.63) is 34.2 Å². The van der Waals surface area contributed by atoms with Gasteiger partial charge in [-0.25, -0.2) is 14.0 Å². The zero-order valence-corrected chi connectivity index (χ0v) is 15.2. The molecule has 2 atom stereocenters. The van der Waals surface area contributed by atoms with E-state index in [9.17, 15) is 14.0 Å². The Labute approximate surface area is 155 Å². The second-order valence-electron chi connectivity index (χ2n) is 7.67. The molecule has 1 aromatic heterocycles. The van der Waals surface area contributed by atoms with Crippen molar-refractivity contribution in [1.29, 1.82) is 0 Å². The summed E-state index contributed by atoms with van der Waals surface area (Å²) in [5.74, 6) is 0.740. The molecule has 1 aliphatic heterocycles. The fourth-order valence-corrected chi connectivity index (χ4v) is 4.30. The first-order valence-corrected chi connectivity index (χ1v) is 9.35. The molecule has 2 aliphatic rings. The van der Waals surface area contributed by atoms with Crippen LogP contribution in [0.1, 0.15) is 30.7 Å². The summed E-state index contributed by atoms with van der Waals surface area (Å²) < 4.78 is 21.5. The maximum Gasteiger partial charge on any atom is 0.407 e. The molecule has 0 radical (unpaired) electrons. The summed E-state index contributed by atoms with van der Waals surface area (Å²) in [6.45, 7) is 0.699. The molecule has 1 aromatic carbocycles. The van der Waals surface area contributed by atoms with Crippen molar-refractivity contribution in [2.45, 2.75) is 37.5 Å². The molecule has 4 rings (SSSR count). The van der Waals surface area contributed by atoms with Crippen LogP contribution in [-0.2, 0) is 11.8 Å². The van der Waals surface area contributed by atoms with Crippen LogP contribution in [0.3, 0.4) is 0 Å². The Morgan fingerprint density at radius 2 is 2.19 bits per heavy atom. The van der Waals surface area contributed by atoms with Crippen LogP contribution in [0.15, 0.2) is 23.0 Å². The van der Waals surface area contributed by atoms with Crippen molar-refractivity contribution < 1.29 is 19.0 Å². The van der Waals surface area contributed by atoms with Gasteiger partial charge < -0.3 is 19.7 Å². The third-order valence-corrected chi connectivity index (χ3v) is 5.92. The molecule has 0 unspecified atom stereocenters. The maximum absolute atomic E-state index is 14.1. The molecule has 1 saturated heterocycles. The van der Waals surface area contributed by atoms with Gasteiger partial charge in [-0.05, 0) is 42.7 Å². The first-order chi connectivity index (χ1) is 12.9. The highest BCUT2D eigenvalue weighted by atomic mass is 19.1. The molecule has 146 valence electrons. The number of halogens is 1. The lowest BCUT2D eigenvalue weighted by atomic mass is 9.71. The number of benzene rings is 1. The number of rotatable bonds is 4. The molecule has 1 amide bonds. The second kappa shape index (κ2) is 6.99. The number of carboxylic acid groups (broad SMARTS) is 1. The highest BCUT2D eigenvalue weighted by Gasteiger charge is 2.36. The van der Waals surface area contributed by atoms with E-state index in [1.807, 2.05) is 12.1 Å². The Balaban J connectivity index is 1.32. The average Bonchev–Trinajstić information content (AvgIpc) is 2.89. The SMILES string of the molecule is Cn1c(=O)[nH]c2cccc(C3CC(CO[C@H]4CCN(C(=O)O)C[C@@H]4F)C3)c21. The number of H-pyrrole nitrogens is 1. The third kappa shape index (κ3) is 3.34. The lowest BCUT2D eigenvalue weighted by Gasteiger charge is -2.38. The first-order valence-electron chi connectivity index (χ1n) is 9.35. The number of nitrogens with one attached hydrogen (secondary N) is 1. The van der Waals surface area contributed by atoms with E-state index >= 15 is 0 Å². The van der Waals surface area contributed by atoms with Crippen LogP contribution in [0.2, 0.25) is 0 Å². The smallest absolute Gasteiger partial charge is 0.407 e. The van der Waals surface area contributed by atoms with Crippen LogP contribution >= 0.6 is 0 Å². The predicted molar refractivity (Wildman–Crippen MR) is 97.9 cm³/mol. The molecular formula is C19H24FN3O4. The predicted octanol–water partition coefficient (Wildman–Crippen LogP) is 2.47. The van der Waals surface area contributed by atoms with Gasteiger partial charge in [-0.3, -0.25) is 4.57 Å². The molecule has 1 saturated carbocycles. The highest BCUT2D eigenvalue weighted by Crippen LogP contribution is 2.43. The van der Waals surface area contributed by atoms with Crippen molar-refractivity contribution in [3.63, 3.8) is 0 Å². The number of fused-ring (bicyclic) bond motifs is 1. The van der Waals surface area contributed by atoms with E-state index in [0.717, 1.165) is 28.8 Å². The summed E-state index contributed by atoms with van der Waals surface area (Å²) in [7, 11) is 1.77. The van der Waals surface area contributed by atoms with Crippen LogP contribution in [0.4, 0.5) is 9.18 Å². The molecule has 27 heavy (non-hydrogen) atoms. The van der Waals surface area contributed by atoms with Gasteiger partial charge >= 0.3 is 11.8 Å². The lowest BCUT2D eigenvalue weighted by molar-refractivity contribution is -0.0632. The standard InChI is InChI=1S/C19H24FN3O4/c1-22-17-13(3-2-4-15(17)21-18(22)24)12-7-11(8-12)10-27-16-5-6-23(19(25)26)9-14(16)20/h2-4,11-12,14,16H,5-10H2,1H3,(H,21,24)(H,25,26)/t11?,12?,14-,16-/m0/s1. The van der Waals surface area contributed by atoms with E-state index in [1.54, 1.807) is 11.6 Å². The molecule has 8 heteroatoms. The summed E-state index contributed by atoms with van der Waals surface area (Å²) in [4.78, 5) is 26.7. The summed E-state index contributed by atoms with van der Waals surface area (Å²) in [5, 5.41) is 8.94. The lowest BCUT2D eigenvalue weighted by Crippen LogP contribution is -2.48. The van der Waals surface area contributed by atoms with Crippen LogP contribution in [0, 0.1) is 5.92 Å². The summed E-state index contributed by atoms with van der Waals surface area (Å²) >= 11 is 0. The fourth-order valence-electron chi connectivity index (χ4n) is 4.30. The summed E-state index contributed by atoms with van der Waals surface area (Å²) in [5.41, 5.74) is 2.86. The molecule has 0 bridgehead atoms. The van der Waals surface area contributed by atoms with Crippen molar-refractivity contribution in [2.75, 3.05) is 19.7 Å². The van der Waals surface area contributed by atoms with Crippen LogP contribution in [0.5, 0.6) is 0 Å². The van der Waals surface area contributed by atoms with Gasteiger partial charge in [0.25, 0.3) is 0 Å². The Hall–Kier alpha value is -2.35. The number of aromatic amines is 1. The number of hydrogen-bond donors (Lipinski definition) is 2. The Kier molecular flexibility index (Phi) is 4.67. The Morgan fingerprint density at radius 1 is 1.41 bits per heavy atom. The normalized spacial score (nSPS) is 28.3. The minimum Gasteiger partial charge on any atom is -0.465 e. The molecular weight excluding hydrogens is 353 g/mol. The number of hydrogen-bond acceptors (Lipinski definition) is 3. The number of ether oxygens (including phenoxy) is 1. The van der Waals surface area contributed by atoms with Crippen LogP contribution < -0.4 is 5.69 Å². The van der Waals surface area contributed by atoms with Gasteiger partial charge in [0.2, 0.25) is 0 Å². The monoisotopic (exact) mass is 377 g/mol. The van der Waals surface area contributed by atoms with Crippen molar-refractivity contribution >= 4 is 17.1 Å². The molecule has 7 nitrogen and oxygen atoms in total. The molecule has 1 aliphatic carbocycles. The van der Waals surface area contributed by atoms with E-state index in [4.69, 9.17) is 9.84 Å². The number of piperidine rings is 1. The van der Waals surface area contributed by atoms with E-state index in [0.29, 0.717) is 31.4 Å². The number of aryl methyl sites for hydroxylation is 1. The van der Waals surface area contributed by atoms with Crippen LogP contribution in [0.25, 0.3) is 11.0 Å². The third-order valence-electron chi connectivity index (χ3n) is 5.92. The number of alkyl halides is 1. The first kappa shape index (κ1) is 18.0. The van der Waals surface area contributed by atoms with Gasteiger partial charge in [0.1, 0.15) is 6.17 Å². The van der Waals surface area contributed by atoms with Gasteiger partial charge in [0.15, 0.2) is 0 Å². The number of carbonyl (C=O) groups is 1. The Bertz CT molecular complexity index is 902. The van der Waals surface area contributed by atoms with Gasteiger partial charge in [-0.2, -0.15) is 0 Å². The molecule has 0 spiro atoms. The number of amides is 1. The zero-order valence-electron chi connectivity index (χ0n) is 15.2. The molecule has 2 aromatic rings. The van der Waals surface area contributed by atoms with Crippen molar-refractivity contribution in [3.8, 4) is 0 Å². The van der Waals surface area contributed by atoms with E-state index in [-0.39, 0.29) is 12.2 Å². The number of nitrogens with zero attached hydrogens (tertiary/aromatic N) is 2. The van der Waals surface area contributed by atoms with Crippen LogP contribution in [-0.4, -0.2) is 57.6 Å². The second-order valence-corrected chi connectivity index (χ2v) is 7.67. The minimum absolute atomic E-state index is 0.113. The topological polar surface area (TPSA) is 87.6 Å². The highest BCUT2D eigenvalue weighted by molar-refractivity contribution is 5.79. The quantitative estimate of drug-likeness (QED) is 0.857. The number of likely N-dealkylation sites (tertiary alicyclic amines) is 1. The fraction of sp³-hybridized carbons (Fsp3) is 0.579. The number of imidazole rings is 1. The maximum atomic E-state index is 14.1. The molecule has 2 fully saturated rings. The van der Waals surface area contributed by atoms with Crippen molar-refractivity contribution in [2.24, 2.45) is 13.0 Å². The van der Waals surface area contributed by atoms with Gasteiger partial charge in [-0.1, -0.05) is 12.1 Å². The summed E-state index contributed by atoms with van der Waals surface area (Å²) in [6, 6.07) is 5.93. The van der Waals surface area contributed by atoms with Gasteiger partial charge in [0, 0.05) is 20.2 Å². The Morgan fingerprint density at radius 3 is 2.89 bits per heavy atom. The minimum atomic E-state index is -1.27. The van der Waals surface area contributed by atoms with Gasteiger partial charge in [-0.15, -0.1) is 0 Å². The number of aromatic nitrogens is 2. The zero-order chi connectivity index (χ0) is 19.1. The summed E-state index contributed by atoms with van der Waals surface area (Å²) in [6.07, 6.45) is -0.574. The molecule has 2 heterocycles. The van der Waals surface area contributed by atoms with Crippen molar-refractivity contribution in [1.82, 2.24) is 14.5 Å². The van der Waals surface area contributed by atoms with Gasteiger partial charge in [0.05, 0.1) is 23.7 Å². The molecule has 2 N–H and O–H groups in total. The van der Waals surface area contributed by atoms with E-state index < -0.39 is 18.4 Å². The van der Waals surface area contributed by atoms with E-state index in [2.05, 4.69) is 11.1 Å². The van der Waals surface area contributed by atoms with E-state index in [1.165, 1.54) is 5.56 Å².